The van der Waals surface area contributed by atoms with Gasteiger partial charge in [-0.3, -0.25) is 0 Å². The van der Waals surface area contributed by atoms with Crippen LogP contribution in [0.3, 0.4) is 0 Å². The first-order valence-corrected chi connectivity index (χ1v) is 8.12. The first-order chi connectivity index (χ1) is 8.72. The van der Waals surface area contributed by atoms with Gasteiger partial charge in [-0.2, -0.15) is 0 Å². The lowest BCUT2D eigenvalue weighted by Gasteiger charge is -2.38. The highest BCUT2D eigenvalue weighted by atomic mass is 15.1. The van der Waals surface area contributed by atoms with Crippen molar-refractivity contribution in [2.45, 2.75) is 58.4 Å². The van der Waals surface area contributed by atoms with E-state index in [1.54, 1.807) is 0 Å². The molecule has 2 heteroatoms. The Hall–Kier alpha value is -0.0800. The van der Waals surface area contributed by atoms with E-state index in [4.69, 9.17) is 0 Å². The summed E-state index contributed by atoms with van der Waals surface area (Å²) >= 11 is 0. The van der Waals surface area contributed by atoms with Crippen molar-refractivity contribution in [2.75, 3.05) is 26.7 Å². The average molecular weight is 252 g/mol. The molecule has 0 aromatic carbocycles. The van der Waals surface area contributed by atoms with Crippen LogP contribution in [0.1, 0.15) is 52.4 Å². The van der Waals surface area contributed by atoms with Gasteiger partial charge >= 0.3 is 0 Å². The van der Waals surface area contributed by atoms with Crippen LogP contribution in [0, 0.1) is 17.8 Å². The maximum atomic E-state index is 3.58. The monoisotopic (exact) mass is 252 g/mol. The Balaban J connectivity index is 1.85. The van der Waals surface area contributed by atoms with Crippen LogP contribution in [-0.4, -0.2) is 37.6 Å². The average Bonchev–Trinajstić information content (AvgIpc) is 2.76. The van der Waals surface area contributed by atoms with E-state index in [0.29, 0.717) is 0 Å². The molecule has 1 N–H and O–H groups in total. The second kappa shape index (κ2) is 6.91. The number of rotatable bonds is 5. The molecule has 1 aliphatic heterocycles. The lowest BCUT2D eigenvalue weighted by atomic mass is 9.76. The summed E-state index contributed by atoms with van der Waals surface area (Å²) in [5.41, 5.74) is 0. The molecule has 2 nitrogen and oxygen atoms in total. The molecule has 2 fully saturated rings. The molecule has 18 heavy (non-hydrogen) atoms. The highest BCUT2D eigenvalue weighted by molar-refractivity contribution is 4.87. The van der Waals surface area contributed by atoms with Crippen molar-refractivity contribution in [3.63, 3.8) is 0 Å². The maximum Gasteiger partial charge on any atom is 0.0105 e. The third-order valence-corrected chi connectivity index (χ3v) is 5.16. The summed E-state index contributed by atoms with van der Waals surface area (Å²) in [6.07, 6.45) is 8.53. The maximum absolute atomic E-state index is 3.58. The van der Waals surface area contributed by atoms with Crippen LogP contribution in [0.15, 0.2) is 0 Å². The zero-order chi connectivity index (χ0) is 13.0. The van der Waals surface area contributed by atoms with Gasteiger partial charge in [0.25, 0.3) is 0 Å². The van der Waals surface area contributed by atoms with Crippen LogP contribution in [0.25, 0.3) is 0 Å². The second-order valence-corrected chi connectivity index (χ2v) is 6.78. The smallest absolute Gasteiger partial charge is 0.0105 e. The van der Waals surface area contributed by atoms with E-state index >= 15 is 0 Å². The van der Waals surface area contributed by atoms with Crippen LogP contribution in [0.2, 0.25) is 0 Å². The number of hydrogen-bond donors (Lipinski definition) is 1. The van der Waals surface area contributed by atoms with Gasteiger partial charge in [0.15, 0.2) is 0 Å². The van der Waals surface area contributed by atoms with Gasteiger partial charge in [0.1, 0.15) is 0 Å². The van der Waals surface area contributed by atoms with Crippen LogP contribution >= 0.6 is 0 Å². The molecule has 0 radical (unpaired) electrons. The summed E-state index contributed by atoms with van der Waals surface area (Å²) in [7, 11) is 2.16. The quantitative estimate of drug-likeness (QED) is 0.809. The number of likely N-dealkylation sites (tertiary alicyclic amines) is 1. The highest BCUT2D eigenvalue weighted by Crippen LogP contribution is 2.33. The second-order valence-electron chi connectivity index (χ2n) is 6.78. The predicted molar refractivity (Wildman–Crippen MR) is 78.8 cm³/mol. The molecular weight excluding hydrogens is 220 g/mol. The van der Waals surface area contributed by atoms with Gasteiger partial charge in [0.05, 0.1) is 0 Å². The topological polar surface area (TPSA) is 15.3 Å². The fourth-order valence-electron chi connectivity index (χ4n) is 4.14. The summed E-state index contributed by atoms with van der Waals surface area (Å²) in [6, 6.07) is 0.772. The number of nitrogens with one attached hydrogen (secondary N) is 1. The minimum atomic E-state index is 0.772. The summed E-state index contributed by atoms with van der Waals surface area (Å²) < 4.78 is 0. The fourth-order valence-corrected chi connectivity index (χ4v) is 4.14. The van der Waals surface area contributed by atoms with Crippen LogP contribution < -0.4 is 5.32 Å². The molecule has 106 valence electrons. The van der Waals surface area contributed by atoms with E-state index in [1.165, 1.54) is 58.2 Å². The largest absolute Gasteiger partial charge is 0.317 e. The SMILES string of the molecule is CCCC1CCC(NC)C(CN2CCC(C)C2)C1. The highest BCUT2D eigenvalue weighted by Gasteiger charge is 2.31. The van der Waals surface area contributed by atoms with Crippen molar-refractivity contribution < 1.29 is 0 Å². The number of nitrogens with zero attached hydrogens (tertiary/aromatic N) is 1. The molecule has 4 atom stereocenters. The van der Waals surface area contributed by atoms with Crippen LogP contribution in [-0.2, 0) is 0 Å². The molecule has 0 aromatic heterocycles. The summed E-state index contributed by atoms with van der Waals surface area (Å²) in [5, 5.41) is 3.58. The third-order valence-electron chi connectivity index (χ3n) is 5.16. The summed E-state index contributed by atoms with van der Waals surface area (Å²) in [5.74, 6) is 2.82. The van der Waals surface area contributed by atoms with E-state index in [2.05, 4.69) is 31.1 Å². The normalized spacial score (nSPS) is 38.2. The Bertz CT molecular complexity index is 241. The van der Waals surface area contributed by atoms with Crippen molar-refractivity contribution >= 4 is 0 Å². The van der Waals surface area contributed by atoms with Gasteiger partial charge in [-0.15, -0.1) is 0 Å². The Morgan fingerprint density at radius 2 is 2.06 bits per heavy atom. The molecule has 1 saturated heterocycles. The standard InChI is InChI=1S/C16H32N2/c1-4-5-14-6-7-16(17-3)15(10-14)12-18-9-8-13(2)11-18/h13-17H,4-12H2,1-3H3. The molecule has 1 saturated carbocycles. The molecule has 0 spiro atoms. The summed E-state index contributed by atoms with van der Waals surface area (Å²) in [4.78, 5) is 2.72. The zero-order valence-electron chi connectivity index (χ0n) is 12.6. The number of hydrogen-bond acceptors (Lipinski definition) is 2. The Labute approximate surface area is 114 Å². The molecule has 0 amide bonds. The molecule has 1 aliphatic carbocycles. The van der Waals surface area contributed by atoms with Crippen LogP contribution in [0.5, 0.6) is 0 Å². The van der Waals surface area contributed by atoms with E-state index < -0.39 is 0 Å². The molecular formula is C16H32N2. The van der Waals surface area contributed by atoms with Gasteiger partial charge < -0.3 is 10.2 Å². The lowest BCUT2D eigenvalue weighted by Crippen LogP contribution is -2.44. The minimum absolute atomic E-state index is 0.772. The molecule has 1 heterocycles. The van der Waals surface area contributed by atoms with Crippen molar-refractivity contribution in [3.8, 4) is 0 Å². The van der Waals surface area contributed by atoms with E-state index in [1.807, 2.05) is 0 Å². The zero-order valence-corrected chi connectivity index (χ0v) is 12.6. The van der Waals surface area contributed by atoms with Gasteiger partial charge in [0.2, 0.25) is 0 Å². The first-order valence-electron chi connectivity index (χ1n) is 8.12. The third kappa shape index (κ3) is 3.71. The van der Waals surface area contributed by atoms with Gasteiger partial charge in [0, 0.05) is 19.1 Å². The van der Waals surface area contributed by atoms with Crippen molar-refractivity contribution in [3.05, 3.63) is 0 Å². The molecule has 4 unspecified atom stereocenters. The Morgan fingerprint density at radius 1 is 1.22 bits per heavy atom. The lowest BCUT2D eigenvalue weighted by molar-refractivity contribution is 0.151. The Morgan fingerprint density at radius 3 is 2.67 bits per heavy atom. The molecule has 2 rings (SSSR count). The molecule has 0 bridgehead atoms. The predicted octanol–water partition coefficient (Wildman–Crippen LogP) is 3.13. The van der Waals surface area contributed by atoms with Gasteiger partial charge in [-0.25, -0.2) is 0 Å². The van der Waals surface area contributed by atoms with Crippen molar-refractivity contribution in [1.29, 1.82) is 0 Å². The van der Waals surface area contributed by atoms with Crippen molar-refractivity contribution in [2.24, 2.45) is 17.8 Å². The van der Waals surface area contributed by atoms with E-state index in [9.17, 15) is 0 Å². The first kappa shape index (κ1) is 14.3. The Kier molecular flexibility index (Phi) is 5.50. The fraction of sp³-hybridized carbons (Fsp3) is 1.00. The molecule has 2 aliphatic rings. The minimum Gasteiger partial charge on any atom is -0.317 e. The van der Waals surface area contributed by atoms with E-state index in [-0.39, 0.29) is 0 Å². The van der Waals surface area contributed by atoms with Crippen LogP contribution in [0.4, 0.5) is 0 Å². The van der Waals surface area contributed by atoms with E-state index in [0.717, 1.165) is 23.8 Å². The van der Waals surface area contributed by atoms with Gasteiger partial charge in [-0.05, 0) is 57.0 Å². The molecule has 0 aromatic rings. The van der Waals surface area contributed by atoms with Gasteiger partial charge in [-0.1, -0.05) is 26.7 Å². The van der Waals surface area contributed by atoms with Crippen molar-refractivity contribution in [1.82, 2.24) is 10.2 Å². The summed E-state index contributed by atoms with van der Waals surface area (Å²) in [6.45, 7) is 8.76.